The fourth-order valence-electron chi connectivity index (χ4n) is 2.20. The zero-order chi connectivity index (χ0) is 14.5. The minimum absolute atomic E-state index is 0.0303. The van der Waals surface area contributed by atoms with Gasteiger partial charge in [-0.15, -0.1) is 0 Å². The van der Waals surface area contributed by atoms with Crippen LogP contribution in [-0.4, -0.2) is 31.7 Å². The first-order valence-corrected chi connectivity index (χ1v) is 6.85. The number of carbonyl (C=O) groups excluding carboxylic acids is 1. The van der Waals surface area contributed by atoms with E-state index in [0.717, 1.165) is 6.54 Å². The van der Waals surface area contributed by atoms with Gasteiger partial charge < -0.3 is 15.4 Å². The number of likely N-dealkylation sites (N-methyl/N-ethyl adjacent to an activating group) is 1. The molecule has 1 saturated heterocycles. The monoisotopic (exact) mass is 293 g/mol. The quantitative estimate of drug-likeness (QED) is 0.887. The van der Waals surface area contributed by atoms with Gasteiger partial charge in [0.05, 0.1) is 29.7 Å². The lowest BCUT2D eigenvalue weighted by Crippen LogP contribution is -2.41. The summed E-state index contributed by atoms with van der Waals surface area (Å²) in [6, 6.07) is 6.86. The van der Waals surface area contributed by atoms with E-state index in [9.17, 15) is 4.79 Å². The van der Waals surface area contributed by atoms with Gasteiger partial charge in [0.25, 0.3) is 0 Å². The molecule has 2 unspecified atom stereocenters. The van der Waals surface area contributed by atoms with Crippen molar-refractivity contribution in [3.05, 3.63) is 28.8 Å². The zero-order valence-electron chi connectivity index (χ0n) is 11.1. The number of carbonyl (C=O) groups is 1. The molecule has 5 nitrogen and oxygen atoms in total. The van der Waals surface area contributed by atoms with Crippen LogP contribution in [0.3, 0.4) is 0 Å². The van der Waals surface area contributed by atoms with Gasteiger partial charge >= 0.3 is 0 Å². The summed E-state index contributed by atoms with van der Waals surface area (Å²) in [5.41, 5.74) is 0.911. The van der Waals surface area contributed by atoms with Crippen LogP contribution in [0.2, 0.25) is 5.02 Å². The van der Waals surface area contributed by atoms with E-state index in [2.05, 4.69) is 10.6 Å². The van der Waals surface area contributed by atoms with Gasteiger partial charge in [-0.2, -0.15) is 5.26 Å². The molecule has 0 aliphatic carbocycles. The molecule has 106 valence electrons. The smallest absolute Gasteiger partial charge is 0.231 e. The number of amides is 1. The minimum Gasteiger partial charge on any atom is -0.379 e. The lowest BCUT2D eigenvalue weighted by atomic mass is 10.0. The van der Waals surface area contributed by atoms with E-state index < -0.39 is 0 Å². The summed E-state index contributed by atoms with van der Waals surface area (Å²) in [6.07, 6.45) is 0. The topological polar surface area (TPSA) is 74.2 Å². The SMILES string of the molecule is CCNC1COCC1C(=O)Nc1ccc(Cl)c(C#N)c1. The Balaban J connectivity index is 2.06. The van der Waals surface area contributed by atoms with Gasteiger partial charge in [0.1, 0.15) is 6.07 Å². The maximum Gasteiger partial charge on any atom is 0.231 e. The summed E-state index contributed by atoms with van der Waals surface area (Å²) < 4.78 is 5.35. The molecule has 0 aromatic heterocycles. The summed E-state index contributed by atoms with van der Waals surface area (Å²) in [6.45, 7) is 3.72. The molecule has 1 amide bonds. The van der Waals surface area contributed by atoms with Crippen LogP contribution in [0.1, 0.15) is 12.5 Å². The molecule has 0 radical (unpaired) electrons. The molecule has 20 heavy (non-hydrogen) atoms. The third-order valence-electron chi connectivity index (χ3n) is 3.24. The van der Waals surface area contributed by atoms with Crippen molar-refractivity contribution in [3.8, 4) is 6.07 Å². The Kier molecular flexibility index (Phi) is 4.96. The van der Waals surface area contributed by atoms with Crippen molar-refractivity contribution >= 4 is 23.2 Å². The lowest BCUT2D eigenvalue weighted by Gasteiger charge is -2.17. The van der Waals surface area contributed by atoms with Gasteiger partial charge in [0.15, 0.2) is 0 Å². The predicted octanol–water partition coefficient (Wildman–Crippen LogP) is 1.77. The van der Waals surface area contributed by atoms with Crippen molar-refractivity contribution in [2.24, 2.45) is 5.92 Å². The lowest BCUT2D eigenvalue weighted by molar-refractivity contribution is -0.120. The second kappa shape index (κ2) is 6.71. The highest BCUT2D eigenvalue weighted by molar-refractivity contribution is 6.31. The number of nitrogens with zero attached hydrogens (tertiary/aromatic N) is 1. The van der Waals surface area contributed by atoms with Crippen molar-refractivity contribution in [2.75, 3.05) is 25.1 Å². The predicted molar refractivity (Wildman–Crippen MR) is 76.6 cm³/mol. The fraction of sp³-hybridized carbons (Fsp3) is 0.429. The molecule has 1 heterocycles. The van der Waals surface area contributed by atoms with Crippen molar-refractivity contribution in [1.82, 2.24) is 5.32 Å². The van der Waals surface area contributed by atoms with Crippen LogP contribution < -0.4 is 10.6 Å². The number of halogens is 1. The number of nitriles is 1. The molecule has 2 atom stereocenters. The van der Waals surface area contributed by atoms with E-state index in [1.165, 1.54) is 0 Å². The van der Waals surface area contributed by atoms with Crippen LogP contribution in [0.4, 0.5) is 5.69 Å². The van der Waals surface area contributed by atoms with Crippen molar-refractivity contribution < 1.29 is 9.53 Å². The molecule has 1 fully saturated rings. The zero-order valence-corrected chi connectivity index (χ0v) is 11.9. The largest absolute Gasteiger partial charge is 0.379 e. The Labute approximate surface area is 122 Å². The van der Waals surface area contributed by atoms with Crippen LogP contribution in [-0.2, 0) is 9.53 Å². The second-order valence-electron chi connectivity index (χ2n) is 4.60. The third kappa shape index (κ3) is 3.28. The van der Waals surface area contributed by atoms with E-state index in [1.807, 2.05) is 13.0 Å². The van der Waals surface area contributed by atoms with Crippen LogP contribution in [0.15, 0.2) is 18.2 Å². The molecule has 2 rings (SSSR count). The fourth-order valence-corrected chi connectivity index (χ4v) is 2.36. The van der Waals surface area contributed by atoms with Crippen LogP contribution >= 0.6 is 11.6 Å². The van der Waals surface area contributed by atoms with E-state index in [1.54, 1.807) is 18.2 Å². The molecule has 0 saturated carbocycles. The molecule has 6 heteroatoms. The molecule has 1 aromatic carbocycles. The first-order chi connectivity index (χ1) is 9.65. The maximum absolute atomic E-state index is 12.2. The van der Waals surface area contributed by atoms with Crippen LogP contribution in [0.5, 0.6) is 0 Å². The van der Waals surface area contributed by atoms with Gasteiger partial charge in [0, 0.05) is 11.7 Å². The molecule has 0 spiro atoms. The van der Waals surface area contributed by atoms with Gasteiger partial charge in [-0.25, -0.2) is 0 Å². The standard InChI is InChI=1S/C14H16ClN3O2/c1-2-17-13-8-20-7-11(13)14(19)18-10-3-4-12(15)9(5-10)6-16/h3-5,11,13,17H,2,7-8H2,1H3,(H,18,19). The number of ether oxygens (including phenoxy) is 1. The summed E-state index contributed by atoms with van der Waals surface area (Å²) >= 11 is 5.86. The molecule has 0 bridgehead atoms. The van der Waals surface area contributed by atoms with Gasteiger partial charge in [0.2, 0.25) is 5.91 Å². The third-order valence-corrected chi connectivity index (χ3v) is 3.57. The molecular weight excluding hydrogens is 278 g/mol. The average molecular weight is 294 g/mol. The van der Waals surface area contributed by atoms with Crippen LogP contribution in [0, 0.1) is 17.2 Å². The van der Waals surface area contributed by atoms with Gasteiger partial charge in [-0.3, -0.25) is 4.79 Å². The summed E-state index contributed by atoms with van der Waals surface area (Å²) in [5.74, 6) is -0.337. The van der Waals surface area contributed by atoms with Crippen LogP contribution in [0.25, 0.3) is 0 Å². The highest BCUT2D eigenvalue weighted by atomic mass is 35.5. The Morgan fingerprint density at radius 1 is 1.55 bits per heavy atom. The Morgan fingerprint density at radius 3 is 3.05 bits per heavy atom. The van der Waals surface area contributed by atoms with E-state index in [4.69, 9.17) is 21.6 Å². The average Bonchev–Trinajstić information content (AvgIpc) is 2.89. The summed E-state index contributed by atoms with van der Waals surface area (Å²) in [5, 5.41) is 15.3. The highest BCUT2D eigenvalue weighted by Gasteiger charge is 2.33. The molecule has 1 aliphatic rings. The van der Waals surface area contributed by atoms with E-state index >= 15 is 0 Å². The first kappa shape index (κ1) is 14.8. The Morgan fingerprint density at radius 2 is 2.35 bits per heavy atom. The molecular formula is C14H16ClN3O2. The van der Waals surface area contributed by atoms with Crippen molar-refractivity contribution in [3.63, 3.8) is 0 Å². The van der Waals surface area contributed by atoms with Gasteiger partial charge in [-0.1, -0.05) is 18.5 Å². The number of rotatable bonds is 4. The Hall–Kier alpha value is -1.61. The number of hydrogen-bond donors (Lipinski definition) is 2. The highest BCUT2D eigenvalue weighted by Crippen LogP contribution is 2.21. The number of hydrogen-bond acceptors (Lipinski definition) is 4. The number of nitrogens with one attached hydrogen (secondary N) is 2. The normalized spacial score (nSPS) is 21.4. The Bertz CT molecular complexity index is 542. The summed E-state index contributed by atoms with van der Waals surface area (Å²) in [7, 11) is 0. The minimum atomic E-state index is -0.226. The second-order valence-corrected chi connectivity index (χ2v) is 5.01. The molecule has 1 aliphatic heterocycles. The maximum atomic E-state index is 12.2. The first-order valence-electron chi connectivity index (χ1n) is 6.47. The molecule has 2 N–H and O–H groups in total. The van der Waals surface area contributed by atoms with E-state index in [0.29, 0.717) is 29.5 Å². The molecule has 1 aromatic rings. The van der Waals surface area contributed by atoms with Crippen molar-refractivity contribution in [2.45, 2.75) is 13.0 Å². The van der Waals surface area contributed by atoms with Gasteiger partial charge in [-0.05, 0) is 24.7 Å². The summed E-state index contributed by atoms with van der Waals surface area (Å²) in [4.78, 5) is 12.2. The van der Waals surface area contributed by atoms with E-state index in [-0.39, 0.29) is 17.9 Å². The number of benzene rings is 1. The van der Waals surface area contributed by atoms with Crippen molar-refractivity contribution in [1.29, 1.82) is 5.26 Å². The number of anilines is 1.